The SMILES string of the molecule is C[C@H](Nc1c(F)c(-c2n[nH]c(=O)o2)cc(F)c1Cl)C1CCNCC1. The Hall–Kier alpha value is -1.93. The Bertz CT molecular complexity index is 786. The van der Waals surface area contributed by atoms with Crippen LogP contribution in [0.3, 0.4) is 0 Å². The molecule has 24 heavy (non-hydrogen) atoms. The zero-order valence-electron chi connectivity index (χ0n) is 13.0. The number of rotatable bonds is 4. The number of aromatic nitrogens is 2. The molecule has 9 heteroatoms. The number of benzene rings is 1. The smallest absolute Gasteiger partial charge is 0.388 e. The largest absolute Gasteiger partial charge is 0.434 e. The van der Waals surface area contributed by atoms with E-state index in [1.54, 1.807) is 0 Å². The van der Waals surface area contributed by atoms with E-state index in [0.717, 1.165) is 32.0 Å². The average molecular weight is 359 g/mol. The van der Waals surface area contributed by atoms with E-state index in [4.69, 9.17) is 16.0 Å². The van der Waals surface area contributed by atoms with Crippen LogP contribution in [0.5, 0.6) is 0 Å². The van der Waals surface area contributed by atoms with Crippen LogP contribution < -0.4 is 16.4 Å². The number of aromatic amines is 1. The summed E-state index contributed by atoms with van der Waals surface area (Å²) in [6, 6.07) is 0.761. The molecule has 1 aliphatic rings. The molecule has 0 spiro atoms. The monoisotopic (exact) mass is 358 g/mol. The Morgan fingerprint density at radius 1 is 1.42 bits per heavy atom. The third-order valence-corrected chi connectivity index (χ3v) is 4.66. The molecule has 1 aromatic carbocycles. The zero-order chi connectivity index (χ0) is 17.3. The lowest BCUT2D eigenvalue weighted by molar-refractivity contribution is 0.342. The molecule has 1 fully saturated rings. The normalized spacial score (nSPS) is 17.0. The maximum absolute atomic E-state index is 14.8. The molecule has 2 heterocycles. The molecule has 0 amide bonds. The molecular weight excluding hydrogens is 342 g/mol. The van der Waals surface area contributed by atoms with Gasteiger partial charge >= 0.3 is 5.76 Å². The minimum absolute atomic E-state index is 0.0973. The number of nitrogens with zero attached hydrogens (tertiary/aromatic N) is 1. The van der Waals surface area contributed by atoms with Crippen molar-refractivity contribution in [3.05, 3.63) is 33.3 Å². The first kappa shape index (κ1) is 16.9. The van der Waals surface area contributed by atoms with Crippen LogP contribution in [0, 0.1) is 17.6 Å². The lowest BCUT2D eigenvalue weighted by Crippen LogP contribution is -2.36. The summed E-state index contributed by atoms with van der Waals surface area (Å²) in [6.07, 6.45) is 1.87. The first-order valence-corrected chi connectivity index (χ1v) is 8.05. The highest BCUT2D eigenvalue weighted by molar-refractivity contribution is 6.33. The zero-order valence-corrected chi connectivity index (χ0v) is 13.7. The fourth-order valence-electron chi connectivity index (χ4n) is 2.92. The molecular formula is C15H17ClF2N4O2. The topological polar surface area (TPSA) is 83.0 Å². The Morgan fingerprint density at radius 3 is 2.75 bits per heavy atom. The van der Waals surface area contributed by atoms with Gasteiger partial charge in [0.25, 0.3) is 5.89 Å². The second kappa shape index (κ2) is 6.90. The lowest BCUT2D eigenvalue weighted by Gasteiger charge is -2.30. The van der Waals surface area contributed by atoms with Crippen molar-refractivity contribution in [1.82, 2.24) is 15.5 Å². The van der Waals surface area contributed by atoms with E-state index in [-0.39, 0.29) is 28.2 Å². The van der Waals surface area contributed by atoms with Gasteiger partial charge in [0.2, 0.25) is 0 Å². The van der Waals surface area contributed by atoms with E-state index in [1.165, 1.54) is 0 Å². The van der Waals surface area contributed by atoms with Crippen molar-refractivity contribution in [3.63, 3.8) is 0 Å². The predicted octanol–water partition coefficient (Wildman–Crippen LogP) is 2.76. The Kier molecular flexibility index (Phi) is 4.86. The van der Waals surface area contributed by atoms with Crippen LogP contribution in [0.1, 0.15) is 19.8 Å². The van der Waals surface area contributed by atoms with E-state index >= 15 is 0 Å². The van der Waals surface area contributed by atoms with Gasteiger partial charge in [-0.05, 0) is 44.8 Å². The van der Waals surface area contributed by atoms with Crippen molar-refractivity contribution >= 4 is 17.3 Å². The number of H-pyrrole nitrogens is 1. The molecule has 1 aromatic heterocycles. The lowest BCUT2D eigenvalue weighted by atomic mass is 9.91. The van der Waals surface area contributed by atoms with Gasteiger partial charge in [-0.3, -0.25) is 0 Å². The maximum Gasteiger partial charge on any atom is 0.434 e. The van der Waals surface area contributed by atoms with Gasteiger partial charge in [-0.2, -0.15) is 0 Å². The van der Waals surface area contributed by atoms with Gasteiger partial charge in [-0.25, -0.2) is 18.7 Å². The van der Waals surface area contributed by atoms with Crippen molar-refractivity contribution in [3.8, 4) is 11.5 Å². The number of nitrogens with one attached hydrogen (secondary N) is 3. The molecule has 0 radical (unpaired) electrons. The van der Waals surface area contributed by atoms with Crippen molar-refractivity contribution in [2.45, 2.75) is 25.8 Å². The predicted molar refractivity (Wildman–Crippen MR) is 86.2 cm³/mol. The number of halogens is 3. The van der Waals surface area contributed by atoms with Crippen LogP contribution >= 0.6 is 11.6 Å². The highest BCUT2D eigenvalue weighted by atomic mass is 35.5. The van der Waals surface area contributed by atoms with Crippen LogP contribution in [0.25, 0.3) is 11.5 Å². The Balaban J connectivity index is 1.94. The second-order valence-electron chi connectivity index (χ2n) is 5.85. The molecule has 3 rings (SSSR count). The van der Waals surface area contributed by atoms with Crippen molar-refractivity contribution in [1.29, 1.82) is 0 Å². The van der Waals surface area contributed by atoms with Gasteiger partial charge in [0.15, 0.2) is 5.82 Å². The second-order valence-corrected chi connectivity index (χ2v) is 6.23. The Morgan fingerprint density at radius 2 is 2.12 bits per heavy atom. The van der Waals surface area contributed by atoms with E-state index in [0.29, 0.717) is 5.92 Å². The average Bonchev–Trinajstić information content (AvgIpc) is 3.01. The highest BCUT2D eigenvalue weighted by Crippen LogP contribution is 2.36. The number of anilines is 1. The number of piperidine rings is 1. The molecule has 0 unspecified atom stereocenters. The molecule has 1 aliphatic heterocycles. The van der Waals surface area contributed by atoms with E-state index in [9.17, 15) is 13.6 Å². The highest BCUT2D eigenvalue weighted by Gasteiger charge is 2.25. The van der Waals surface area contributed by atoms with Crippen LogP contribution in [-0.4, -0.2) is 29.3 Å². The van der Waals surface area contributed by atoms with Gasteiger partial charge in [0.05, 0.1) is 11.3 Å². The molecule has 0 bridgehead atoms. The van der Waals surface area contributed by atoms with Gasteiger partial charge in [-0.15, -0.1) is 5.10 Å². The van der Waals surface area contributed by atoms with Crippen LogP contribution in [0.2, 0.25) is 5.02 Å². The van der Waals surface area contributed by atoms with Gasteiger partial charge in [-0.1, -0.05) is 11.6 Å². The minimum atomic E-state index is -0.850. The van der Waals surface area contributed by atoms with Gasteiger partial charge < -0.3 is 15.1 Å². The van der Waals surface area contributed by atoms with Crippen LogP contribution in [-0.2, 0) is 0 Å². The Labute approximate surface area is 141 Å². The standard InChI is InChI=1S/C15H17ClF2N4O2/c1-7(8-2-4-19-5-3-8)20-13-11(16)10(17)6-9(12(13)18)14-21-22-15(23)24-14/h6-8,19-20H,2-5H2,1H3,(H,22,23)/t7-/m0/s1. The van der Waals surface area contributed by atoms with Crippen LogP contribution in [0.15, 0.2) is 15.3 Å². The fourth-order valence-corrected chi connectivity index (χ4v) is 3.11. The fraction of sp³-hybridized carbons (Fsp3) is 0.467. The summed E-state index contributed by atoms with van der Waals surface area (Å²) in [4.78, 5) is 11.0. The molecule has 1 saturated heterocycles. The molecule has 3 N–H and O–H groups in total. The van der Waals surface area contributed by atoms with E-state index < -0.39 is 17.4 Å². The quantitative estimate of drug-likeness (QED) is 0.732. The third kappa shape index (κ3) is 3.29. The van der Waals surface area contributed by atoms with E-state index in [1.807, 2.05) is 12.0 Å². The number of hydrogen-bond donors (Lipinski definition) is 3. The molecule has 2 aromatic rings. The summed E-state index contributed by atoms with van der Waals surface area (Å²) in [5.41, 5.74) is -0.418. The summed E-state index contributed by atoms with van der Waals surface area (Å²) < 4.78 is 33.6. The maximum atomic E-state index is 14.8. The van der Waals surface area contributed by atoms with Crippen molar-refractivity contribution in [2.24, 2.45) is 5.92 Å². The van der Waals surface area contributed by atoms with Crippen molar-refractivity contribution in [2.75, 3.05) is 18.4 Å². The summed E-state index contributed by atoms with van der Waals surface area (Å²) in [6.45, 7) is 3.68. The molecule has 1 atom stereocenters. The molecule has 0 saturated carbocycles. The third-order valence-electron chi connectivity index (χ3n) is 4.29. The summed E-state index contributed by atoms with van der Waals surface area (Å²) in [5.74, 6) is -2.49. The van der Waals surface area contributed by atoms with E-state index in [2.05, 4.69) is 15.7 Å². The van der Waals surface area contributed by atoms with Gasteiger partial charge in [0, 0.05) is 6.04 Å². The first-order valence-electron chi connectivity index (χ1n) is 7.68. The van der Waals surface area contributed by atoms with Crippen LogP contribution in [0.4, 0.5) is 14.5 Å². The van der Waals surface area contributed by atoms with Crippen molar-refractivity contribution < 1.29 is 13.2 Å². The molecule has 130 valence electrons. The molecule has 6 nitrogen and oxygen atoms in total. The minimum Gasteiger partial charge on any atom is -0.388 e. The number of hydrogen-bond acceptors (Lipinski definition) is 5. The first-order chi connectivity index (χ1) is 11.5. The van der Waals surface area contributed by atoms with Gasteiger partial charge in [0.1, 0.15) is 10.8 Å². The molecule has 0 aliphatic carbocycles. The summed E-state index contributed by atoms with van der Waals surface area (Å²) in [7, 11) is 0. The summed E-state index contributed by atoms with van der Waals surface area (Å²) >= 11 is 5.94. The summed E-state index contributed by atoms with van der Waals surface area (Å²) in [5, 5.41) is 11.4.